The molecule has 2 N–H and O–H groups in total. The molecule has 1 unspecified atom stereocenters. The van der Waals surface area contributed by atoms with Crippen molar-refractivity contribution in [2.45, 2.75) is 38.5 Å². The summed E-state index contributed by atoms with van der Waals surface area (Å²) in [4.78, 5) is 15.6. The molecule has 0 spiro atoms. The Hall–Kier alpha value is -1.92. The van der Waals surface area contributed by atoms with Crippen molar-refractivity contribution >= 4 is 17.7 Å². The maximum Gasteiger partial charge on any atom is 0.410 e. The summed E-state index contributed by atoms with van der Waals surface area (Å²) in [5.41, 5.74) is -0.538. The maximum absolute atomic E-state index is 13.7. The van der Waals surface area contributed by atoms with Gasteiger partial charge in [-0.25, -0.2) is 9.18 Å². The molecule has 1 fully saturated rings. The van der Waals surface area contributed by atoms with Gasteiger partial charge in [0.2, 0.25) is 0 Å². The van der Waals surface area contributed by atoms with E-state index in [-0.39, 0.29) is 36.3 Å². The summed E-state index contributed by atoms with van der Waals surface area (Å²) >= 11 is 5.80. The largest absolute Gasteiger partial charge is 0.444 e. The quantitative estimate of drug-likeness (QED) is 0.786. The second-order valence-electron chi connectivity index (χ2n) is 7.75. The summed E-state index contributed by atoms with van der Waals surface area (Å²) in [5, 5.41) is 29.0. The number of aliphatic hydroxyl groups excluding tert-OH is 2. The lowest BCUT2D eigenvalue weighted by Gasteiger charge is -2.41. The summed E-state index contributed by atoms with van der Waals surface area (Å²) < 4.78 is 19.1. The van der Waals surface area contributed by atoms with Gasteiger partial charge in [0.15, 0.2) is 5.82 Å². The van der Waals surface area contributed by atoms with Crippen molar-refractivity contribution in [1.82, 2.24) is 9.80 Å². The lowest BCUT2D eigenvalue weighted by molar-refractivity contribution is -0.0147. The average Bonchev–Trinajstić information content (AvgIpc) is 2.62. The first-order valence-corrected chi connectivity index (χ1v) is 9.33. The fourth-order valence-electron chi connectivity index (χ4n) is 3.01. The van der Waals surface area contributed by atoms with Crippen molar-refractivity contribution in [3.8, 4) is 6.07 Å². The second kappa shape index (κ2) is 9.05. The maximum atomic E-state index is 13.7. The number of carbonyl (C=O) groups is 1. The monoisotopic (exact) mass is 413 g/mol. The van der Waals surface area contributed by atoms with Crippen LogP contribution in [0.15, 0.2) is 12.1 Å². The van der Waals surface area contributed by atoms with Gasteiger partial charge in [-0.2, -0.15) is 5.26 Å². The van der Waals surface area contributed by atoms with Gasteiger partial charge >= 0.3 is 6.09 Å². The molecule has 1 aromatic carbocycles. The van der Waals surface area contributed by atoms with Crippen LogP contribution in [0.4, 0.5) is 9.18 Å². The molecule has 7 nitrogen and oxygen atoms in total. The van der Waals surface area contributed by atoms with Crippen molar-refractivity contribution in [2.24, 2.45) is 0 Å². The number of carbonyl (C=O) groups excluding carboxylic acids is 1. The molecule has 0 aliphatic carbocycles. The van der Waals surface area contributed by atoms with E-state index in [0.29, 0.717) is 18.7 Å². The van der Waals surface area contributed by atoms with Crippen LogP contribution in [0.2, 0.25) is 5.02 Å². The third-order valence-electron chi connectivity index (χ3n) is 4.43. The Morgan fingerprint density at radius 1 is 1.46 bits per heavy atom. The number of hydrogen-bond acceptors (Lipinski definition) is 6. The van der Waals surface area contributed by atoms with Crippen LogP contribution in [0.5, 0.6) is 0 Å². The summed E-state index contributed by atoms with van der Waals surface area (Å²) in [7, 11) is 0. The van der Waals surface area contributed by atoms with E-state index in [0.717, 1.165) is 0 Å². The number of amides is 1. The molecule has 1 saturated heterocycles. The summed E-state index contributed by atoms with van der Waals surface area (Å²) in [6.07, 6.45) is -1.48. The van der Waals surface area contributed by atoms with Crippen LogP contribution in [0, 0.1) is 17.1 Å². The molecule has 0 saturated carbocycles. The van der Waals surface area contributed by atoms with Crippen LogP contribution < -0.4 is 0 Å². The highest BCUT2D eigenvalue weighted by Gasteiger charge is 2.32. The number of benzene rings is 1. The van der Waals surface area contributed by atoms with Gasteiger partial charge in [0.25, 0.3) is 0 Å². The highest BCUT2D eigenvalue weighted by Crippen LogP contribution is 2.26. The minimum absolute atomic E-state index is 0.139. The number of aliphatic hydroxyl groups is 2. The number of piperazine rings is 1. The van der Waals surface area contributed by atoms with Gasteiger partial charge in [-0.15, -0.1) is 0 Å². The Bertz CT molecular complexity index is 763. The van der Waals surface area contributed by atoms with E-state index in [2.05, 4.69) is 0 Å². The van der Waals surface area contributed by atoms with Gasteiger partial charge in [-0.1, -0.05) is 11.6 Å². The van der Waals surface area contributed by atoms with E-state index in [1.165, 1.54) is 17.0 Å². The normalized spacial score (nSPS) is 19.2. The van der Waals surface area contributed by atoms with E-state index in [9.17, 15) is 19.4 Å². The van der Waals surface area contributed by atoms with Crippen LogP contribution in [-0.2, 0) is 4.74 Å². The van der Waals surface area contributed by atoms with Crippen LogP contribution in [-0.4, -0.2) is 70.5 Å². The van der Waals surface area contributed by atoms with E-state index in [4.69, 9.17) is 21.6 Å². The number of hydrogen-bond donors (Lipinski definition) is 2. The Labute approximate surface area is 168 Å². The van der Waals surface area contributed by atoms with E-state index >= 15 is 0 Å². The van der Waals surface area contributed by atoms with Gasteiger partial charge in [0, 0.05) is 26.2 Å². The standard InChI is InChI=1S/C19H25ClFN3O4/c1-19(2,3)28-18(27)24-5-4-23(14(9-24)11-25)10-16(26)12-6-13(8-22)17(21)15(20)7-12/h6-7,14,16,25-26H,4-5,9-11H2,1-3H3/t14-,16?/m0/s1. The topological polar surface area (TPSA) is 97.0 Å². The fraction of sp³-hybridized carbons (Fsp3) is 0.579. The number of β-amino-alcohol motifs (C(OH)–C–C–N with tert-alkyl or cyclic N) is 1. The molecule has 1 amide bonds. The van der Waals surface area contributed by atoms with Gasteiger partial charge in [0.05, 0.1) is 29.3 Å². The van der Waals surface area contributed by atoms with Gasteiger partial charge in [-0.3, -0.25) is 4.90 Å². The van der Waals surface area contributed by atoms with E-state index in [1.54, 1.807) is 26.8 Å². The van der Waals surface area contributed by atoms with E-state index in [1.807, 2.05) is 4.90 Å². The second-order valence-corrected chi connectivity index (χ2v) is 8.16. The zero-order chi connectivity index (χ0) is 21.1. The highest BCUT2D eigenvalue weighted by molar-refractivity contribution is 6.30. The molecule has 0 aromatic heterocycles. The van der Waals surface area contributed by atoms with Gasteiger partial charge < -0.3 is 19.8 Å². The lowest BCUT2D eigenvalue weighted by atomic mass is 10.0. The molecule has 1 heterocycles. The van der Waals surface area contributed by atoms with Gasteiger partial charge in [-0.05, 0) is 38.5 Å². The molecular formula is C19H25ClFN3O4. The molecule has 2 atom stereocenters. The zero-order valence-electron chi connectivity index (χ0n) is 16.2. The van der Waals surface area contributed by atoms with Crippen LogP contribution in [0.3, 0.4) is 0 Å². The minimum atomic E-state index is -1.03. The predicted molar refractivity (Wildman–Crippen MR) is 101 cm³/mol. The molecule has 154 valence electrons. The zero-order valence-corrected chi connectivity index (χ0v) is 16.9. The number of halogens is 2. The summed E-state index contributed by atoms with van der Waals surface area (Å²) in [6, 6.07) is 3.87. The smallest absolute Gasteiger partial charge is 0.410 e. The Balaban J connectivity index is 2.06. The Morgan fingerprint density at radius 2 is 2.14 bits per heavy atom. The summed E-state index contributed by atoms with van der Waals surface area (Å²) in [6.45, 7) is 6.33. The van der Waals surface area contributed by atoms with Crippen LogP contribution in [0.1, 0.15) is 38.0 Å². The van der Waals surface area contributed by atoms with Gasteiger partial charge in [0.1, 0.15) is 11.7 Å². The number of nitriles is 1. The molecule has 0 radical (unpaired) electrons. The minimum Gasteiger partial charge on any atom is -0.444 e. The Morgan fingerprint density at radius 3 is 2.71 bits per heavy atom. The van der Waals surface area contributed by atoms with Crippen molar-refractivity contribution in [3.63, 3.8) is 0 Å². The molecule has 1 aliphatic rings. The first-order chi connectivity index (χ1) is 13.1. The fourth-order valence-corrected chi connectivity index (χ4v) is 3.24. The SMILES string of the molecule is CC(C)(C)OC(=O)N1CCN(CC(O)c2cc(Cl)c(F)c(C#N)c2)[C@H](CO)C1. The van der Waals surface area contributed by atoms with Crippen LogP contribution in [0.25, 0.3) is 0 Å². The van der Waals surface area contributed by atoms with Crippen molar-refractivity contribution < 1.29 is 24.1 Å². The molecule has 2 rings (SSSR count). The molecule has 0 bridgehead atoms. The van der Waals surface area contributed by atoms with Crippen molar-refractivity contribution in [2.75, 3.05) is 32.8 Å². The van der Waals surface area contributed by atoms with E-state index < -0.39 is 23.6 Å². The molecule has 9 heteroatoms. The van der Waals surface area contributed by atoms with Crippen molar-refractivity contribution in [1.29, 1.82) is 5.26 Å². The van der Waals surface area contributed by atoms with Crippen LogP contribution >= 0.6 is 11.6 Å². The molecular weight excluding hydrogens is 389 g/mol. The lowest BCUT2D eigenvalue weighted by Crippen LogP contribution is -2.57. The highest BCUT2D eigenvalue weighted by atomic mass is 35.5. The molecule has 1 aromatic rings. The number of ether oxygens (including phenoxy) is 1. The Kier molecular flexibility index (Phi) is 7.23. The predicted octanol–water partition coefficient (Wildman–Crippen LogP) is 2.30. The molecule has 28 heavy (non-hydrogen) atoms. The third-order valence-corrected chi connectivity index (χ3v) is 4.71. The molecule has 1 aliphatic heterocycles. The summed E-state index contributed by atoms with van der Waals surface area (Å²) in [5.74, 6) is -0.820. The van der Waals surface area contributed by atoms with Crippen molar-refractivity contribution in [3.05, 3.63) is 34.1 Å². The first kappa shape index (κ1) is 22.4. The number of nitrogens with zero attached hydrogens (tertiary/aromatic N) is 3. The number of rotatable bonds is 4. The average molecular weight is 414 g/mol. The third kappa shape index (κ3) is 5.55. The first-order valence-electron chi connectivity index (χ1n) is 8.95.